The predicted molar refractivity (Wildman–Crippen MR) is 73.7 cm³/mol. The summed E-state index contributed by atoms with van der Waals surface area (Å²) >= 11 is 1.56. The Bertz CT molecular complexity index is 504. The van der Waals surface area contributed by atoms with Crippen molar-refractivity contribution in [3.8, 4) is 0 Å². The summed E-state index contributed by atoms with van der Waals surface area (Å²) in [5, 5.41) is 3.75. The van der Waals surface area contributed by atoms with E-state index < -0.39 is 6.04 Å². The summed E-state index contributed by atoms with van der Waals surface area (Å²) in [5.41, 5.74) is -0.283. The molecule has 2 amide bonds. The molecule has 0 bridgehead atoms. The Hall–Kier alpha value is -1.43. The van der Waals surface area contributed by atoms with E-state index in [1.54, 1.807) is 22.4 Å². The third-order valence-electron chi connectivity index (χ3n) is 3.08. The van der Waals surface area contributed by atoms with Crippen LogP contribution in [0.15, 0.2) is 6.20 Å². The number of nitrogens with one attached hydrogen (secondary N) is 1. The quantitative estimate of drug-likeness (QED) is 0.889. The van der Waals surface area contributed by atoms with Crippen LogP contribution < -0.4 is 5.32 Å². The average Bonchev–Trinajstić information content (AvgIpc) is 2.67. The van der Waals surface area contributed by atoms with Gasteiger partial charge in [-0.1, -0.05) is 20.8 Å². The number of rotatable bonds is 2. The van der Waals surface area contributed by atoms with Crippen LogP contribution in [0.1, 0.15) is 30.7 Å². The van der Waals surface area contributed by atoms with Crippen molar-refractivity contribution in [1.82, 2.24) is 15.2 Å². The van der Waals surface area contributed by atoms with Crippen LogP contribution >= 0.6 is 11.3 Å². The number of carbonyl (C=O) groups is 2. The van der Waals surface area contributed by atoms with Crippen molar-refractivity contribution in [3.05, 3.63) is 16.1 Å². The number of amides is 2. The van der Waals surface area contributed by atoms with Crippen LogP contribution in [-0.2, 0) is 16.1 Å². The SMILES string of the molecule is Cc1ncc(CN2CC(=O)NC(C(C)(C)C)C2=O)s1. The Morgan fingerprint density at radius 2 is 2.16 bits per heavy atom. The summed E-state index contributed by atoms with van der Waals surface area (Å²) in [6.45, 7) is 8.38. The highest BCUT2D eigenvalue weighted by Crippen LogP contribution is 2.24. The lowest BCUT2D eigenvalue weighted by molar-refractivity contribution is -0.147. The molecule has 104 valence electrons. The first kappa shape index (κ1) is 14.0. The van der Waals surface area contributed by atoms with Crippen LogP contribution in [0.2, 0.25) is 0 Å². The van der Waals surface area contributed by atoms with Crippen molar-refractivity contribution in [1.29, 1.82) is 0 Å². The lowest BCUT2D eigenvalue weighted by atomic mass is 9.85. The highest BCUT2D eigenvalue weighted by atomic mass is 32.1. The van der Waals surface area contributed by atoms with Crippen molar-refractivity contribution < 1.29 is 9.59 Å². The number of hydrogen-bond donors (Lipinski definition) is 1. The van der Waals surface area contributed by atoms with Gasteiger partial charge >= 0.3 is 0 Å². The molecule has 1 saturated heterocycles. The van der Waals surface area contributed by atoms with E-state index in [0.29, 0.717) is 6.54 Å². The largest absolute Gasteiger partial charge is 0.342 e. The van der Waals surface area contributed by atoms with Crippen molar-refractivity contribution in [3.63, 3.8) is 0 Å². The van der Waals surface area contributed by atoms with E-state index in [2.05, 4.69) is 10.3 Å². The van der Waals surface area contributed by atoms with E-state index >= 15 is 0 Å². The van der Waals surface area contributed by atoms with E-state index in [9.17, 15) is 9.59 Å². The minimum Gasteiger partial charge on any atom is -0.342 e. The van der Waals surface area contributed by atoms with Crippen molar-refractivity contribution in [2.45, 2.75) is 40.3 Å². The van der Waals surface area contributed by atoms with E-state index in [0.717, 1.165) is 9.88 Å². The molecule has 0 aromatic carbocycles. The number of aromatic nitrogens is 1. The minimum absolute atomic E-state index is 0.0156. The van der Waals surface area contributed by atoms with Gasteiger partial charge in [0, 0.05) is 11.1 Å². The summed E-state index contributed by atoms with van der Waals surface area (Å²) in [5.74, 6) is -0.112. The summed E-state index contributed by atoms with van der Waals surface area (Å²) < 4.78 is 0. The second-order valence-electron chi connectivity index (χ2n) is 5.91. The van der Waals surface area contributed by atoms with Gasteiger partial charge in [0.05, 0.1) is 18.1 Å². The van der Waals surface area contributed by atoms with Crippen molar-refractivity contribution in [2.24, 2.45) is 5.41 Å². The first-order chi connectivity index (χ1) is 8.77. The number of hydrogen-bond acceptors (Lipinski definition) is 4. The van der Waals surface area contributed by atoms with Crippen LogP contribution in [0.25, 0.3) is 0 Å². The van der Waals surface area contributed by atoms with Gasteiger partial charge < -0.3 is 10.2 Å². The summed E-state index contributed by atoms with van der Waals surface area (Å²) in [6, 6.07) is -0.456. The zero-order valence-electron chi connectivity index (χ0n) is 11.7. The number of thiazole rings is 1. The van der Waals surface area contributed by atoms with Crippen LogP contribution in [0, 0.1) is 12.3 Å². The monoisotopic (exact) mass is 281 g/mol. The fourth-order valence-corrected chi connectivity index (χ4v) is 2.90. The van der Waals surface area contributed by atoms with Gasteiger partial charge in [0.15, 0.2) is 0 Å². The molecular weight excluding hydrogens is 262 g/mol. The van der Waals surface area contributed by atoms with E-state index in [1.807, 2.05) is 27.7 Å². The summed E-state index contributed by atoms with van der Waals surface area (Å²) in [6.07, 6.45) is 1.77. The van der Waals surface area contributed by atoms with Gasteiger partial charge in [0.2, 0.25) is 11.8 Å². The molecule has 2 heterocycles. The molecule has 1 aromatic rings. The molecule has 1 N–H and O–H groups in total. The lowest BCUT2D eigenvalue weighted by Gasteiger charge is -2.38. The third-order valence-corrected chi connectivity index (χ3v) is 3.98. The standard InChI is InChI=1S/C13H19N3O2S/c1-8-14-5-9(19-8)6-16-7-10(17)15-11(12(16)18)13(2,3)4/h5,11H,6-7H2,1-4H3,(H,15,17). The number of piperazine rings is 1. The van der Waals surface area contributed by atoms with Gasteiger partial charge in [-0.25, -0.2) is 4.98 Å². The molecule has 5 nitrogen and oxygen atoms in total. The first-order valence-corrected chi connectivity index (χ1v) is 7.08. The Kier molecular flexibility index (Phi) is 3.62. The number of nitrogens with zero attached hydrogens (tertiary/aromatic N) is 2. The second kappa shape index (κ2) is 4.92. The molecular formula is C13H19N3O2S. The fourth-order valence-electron chi connectivity index (χ4n) is 2.09. The second-order valence-corrected chi connectivity index (χ2v) is 7.23. The van der Waals surface area contributed by atoms with E-state index in [1.165, 1.54) is 0 Å². The van der Waals surface area contributed by atoms with Crippen molar-refractivity contribution in [2.75, 3.05) is 6.54 Å². The van der Waals surface area contributed by atoms with Gasteiger partial charge in [0.25, 0.3) is 0 Å². The molecule has 2 rings (SSSR count). The Morgan fingerprint density at radius 1 is 1.47 bits per heavy atom. The zero-order valence-corrected chi connectivity index (χ0v) is 12.5. The molecule has 1 unspecified atom stereocenters. The highest BCUT2D eigenvalue weighted by Gasteiger charge is 2.39. The Balaban J connectivity index is 2.16. The van der Waals surface area contributed by atoms with Crippen LogP contribution in [0.3, 0.4) is 0 Å². The number of carbonyl (C=O) groups excluding carboxylic acids is 2. The fraction of sp³-hybridized carbons (Fsp3) is 0.615. The first-order valence-electron chi connectivity index (χ1n) is 6.27. The molecule has 6 heteroatoms. The van der Waals surface area contributed by atoms with Gasteiger partial charge in [-0.15, -0.1) is 11.3 Å². The van der Waals surface area contributed by atoms with Gasteiger partial charge in [0.1, 0.15) is 6.04 Å². The maximum Gasteiger partial charge on any atom is 0.246 e. The molecule has 0 radical (unpaired) electrons. The zero-order chi connectivity index (χ0) is 14.2. The molecule has 1 aromatic heterocycles. The van der Waals surface area contributed by atoms with Crippen molar-refractivity contribution >= 4 is 23.2 Å². The van der Waals surface area contributed by atoms with Gasteiger partial charge in [-0.3, -0.25) is 9.59 Å². The third kappa shape index (κ3) is 3.12. The maximum absolute atomic E-state index is 12.4. The summed E-state index contributed by atoms with van der Waals surface area (Å²) in [7, 11) is 0. The normalized spacial score (nSPS) is 20.6. The smallest absolute Gasteiger partial charge is 0.246 e. The lowest BCUT2D eigenvalue weighted by Crippen LogP contribution is -2.61. The number of aryl methyl sites for hydroxylation is 1. The topological polar surface area (TPSA) is 62.3 Å². The summed E-state index contributed by atoms with van der Waals surface area (Å²) in [4.78, 5) is 31.0. The Morgan fingerprint density at radius 3 is 2.68 bits per heavy atom. The molecule has 1 fully saturated rings. The minimum atomic E-state index is -0.456. The molecule has 1 atom stereocenters. The van der Waals surface area contributed by atoms with Crippen LogP contribution in [0.5, 0.6) is 0 Å². The Labute approximate surface area is 117 Å². The molecule has 0 saturated carbocycles. The van der Waals surface area contributed by atoms with Crippen LogP contribution in [-0.4, -0.2) is 34.3 Å². The molecule has 19 heavy (non-hydrogen) atoms. The maximum atomic E-state index is 12.4. The average molecular weight is 281 g/mol. The molecule has 1 aliphatic heterocycles. The van der Waals surface area contributed by atoms with Gasteiger partial charge in [-0.2, -0.15) is 0 Å². The van der Waals surface area contributed by atoms with Crippen LogP contribution in [0.4, 0.5) is 0 Å². The van der Waals surface area contributed by atoms with E-state index in [-0.39, 0.29) is 23.8 Å². The van der Waals surface area contributed by atoms with E-state index in [4.69, 9.17) is 0 Å². The predicted octanol–water partition coefficient (Wildman–Crippen LogP) is 1.32. The molecule has 0 aliphatic carbocycles. The molecule has 0 spiro atoms. The molecule has 1 aliphatic rings. The van der Waals surface area contributed by atoms with Gasteiger partial charge in [-0.05, 0) is 12.3 Å². The highest BCUT2D eigenvalue weighted by molar-refractivity contribution is 7.11.